The molecule has 0 atom stereocenters. The van der Waals surface area contributed by atoms with E-state index in [1.165, 1.54) is 30.3 Å². The highest BCUT2D eigenvalue weighted by Crippen LogP contribution is 2.33. The van der Waals surface area contributed by atoms with Gasteiger partial charge in [0.15, 0.2) is 23.1 Å². The fourth-order valence-electron chi connectivity index (χ4n) is 2.03. The summed E-state index contributed by atoms with van der Waals surface area (Å²) in [6.45, 7) is 0.0819. The van der Waals surface area contributed by atoms with Gasteiger partial charge in [-0.25, -0.2) is 17.5 Å². The number of fused-ring (bicyclic) bond motifs is 1. The summed E-state index contributed by atoms with van der Waals surface area (Å²) >= 11 is 0. The van der Waals surface area contributed by atoms with E-state index in [1.54, 1.807) is 12.1 Å². The van der Waals surface area contributed by atoms with Gasteiger partial charge in [-0.1, -0.05) is 12.1 Å². The zero-order chi connectivity index (χ0) is 16.3. The van der Waals surface area contributed by atoms with E-state index in [2.05, 4.69) is 4.72 Å². The molecule has 0 fully saturated rings. The first-order valence-electron chi connectivity index (χ1n) is 6.83. The highest BCUT2D eigenvalue weighted by atomic mass is 32.2. The van der Waals surface area contributed by atoms with Crippen LogP contribution < -0.4 is 18.9 Å². The zero-order valence-corrected chi connectivity index (χ0v) is 12.8. The van der Waals surface area contributed by atoms with E-state index in [0.29, 0.717) is 11.5 Å². The number of hydrogen-bond acceptors (Lipinski definition) is 5. The van der Waals surface area contributed by atoms with E-state index in [-0.39, 0.29) is 30.6 Å². The van der Waals surface area contributed by atoms with E-state index in [0.717, 1.165) is 0 Å². The maximum absolute atomic E-state index is 13.4. The summed E-state index contributed by atoms with van der Waals surface area (Å²) < 4.78 is 55.6. The average molecular weight is 339 g/mol. The van der Waals surface area contributed by atoms with Gasteiger partial charge in [0.05, 0.1) is 4.90 Å². The molecule has 122 valence electrons. The van der Waals surface area contributed by atoms with Crippen LogP contribution in [0.15, 0.2) is 47.4 Å². The first-order valence-corrected chi connectivity index (χ1v) is 8.31. The first kappa shape index (κ1) is 15.6. The smallest absolute Gasteiger partial charge is 0.240 e. The second-order valence-corrected chi connectivity index (χ2v) is 6.46. The number of nitrogens with one attached hydrogen (secondary N) is 1. The molecule has 1 heterocycles. The van der Waals surface area contributed by atoms with Gasteiger partial charge in [-0.05, 0) is 24.3 Å². The molecule has 6 nitrogen and oxygen atoms in total. The van der Waals surface area contributed by atoms with E-state index >= 15 is 0 Å². The molecule has 0 radical (unpaired) electrons. The standard InChI is InChI=1S/C15H14FNO5S/c16-12-3-1-2-4-13(12)20-8-7-17-23(18,19)11-5-6-14-15(9-11)22-10-21-14/h1-6,9,17H,7-8,10H2. The lowest BCUT2D eigenvalue weighted by molar-refractivity contribution is 0.174. The minimum absolute atomic E-state index is 0.00468. The van der Waals surface area contributed by atoms with Crippen LogP contribution in [0.2, 0.25) is 0 Å². The molecule has 0 saturated heterocycles. The van der Waals surface area contributed by atoms with E-state index < -0.39 is 15.8 Å². The maximum atomic E-state index is 13.4. The van der Waals surface area contributed by atoms with Crippen molar-refractivity contribution in [1.82, 2.24) is 4.72 Å². The fourth-order valence-corrected chi connectivity index (χ4v) is 3.05. The Morgan fingerprint density at radius 1 is 1.13 bits per heavy atom. The number of benzene rings is 2. The zero-order valence-electron chi connectivity index (χ0n) is 12.0. The SMILES string of the molecule is O=S(=O)(NCCOc1ccccc1F)c1ccc2c(c1)OCO2. The van der Waals surface area contributed by atoms with Crippen molar-refractivity contribution >= 4 is 10.0 Å². The summed E-state index contributed by atoms with van der Waals surface area (Å²) in [4.78, 5) is 0.0626. The molecule has 8 heteroatoms. The van der Waals surface area contributed by atoms with Gasteiger partial charge >= 0.3 is 0 Å². The predicted octanol–water partition coefficient (Wildman–Crippen LogP) is 1.91. The van der Waals surface area contributed by atoms with Crippen molar-refractivity contribution in [3.8, 4) is 17.2 Å². The highest BCUT2D eigenvalue weighted by molar-refractivity contribution is 7.89. The molecule has 0 aromatic heterocycles. The Morgan fingerprint density at radius 3 is 2.74 bits per heavy atom. The Balaban J connectivity index is 1.58. The average Bonchev–Trinajstić information content (AvgIpc) is 3.00. The third-order valence-corrected chi connectivity index (χ3v) is 4.60. The molecule has 0 spiro atoms. The van der Waals surface area contributed by atoms with Crippen LogP contribution in [-0.2, 0) is 10.0 Å². The van der Waals surface area contributed by atoms with Crippen LogP contribution in [0.3, 0.4) is 0 Å². The van der Waals surface area contributed by atoms with Gasteiger partial charge in [-0.3, -0.25) is 0 Å². The van der Waals surface area contributed by atoms with Gasteiger partial charge in [-0.2, -0.15) is 0 Å². The fraction of sp³-hybridized carbons (Fsp3) is 0.200. The van der Waals surface area contributed by atoms with Crippen molar-refractivity contribution in [1.29, 1.82) is 0 Å². The monoisotopic (exact) mass is 339 g/mol. The number of rotatable bonds is 6. The van der Waals surface area contributed by atoms with Crippen molar-refractivity contribution in [2.24, 2.45) is 0 Å². The van der Waals surface area contributed by atoms with Gasteiger partial charge < -0.3 is 14.2 Å². The molecule has 0 unspecified atom stereocenters. The number of hydrogen-bond donors (Lipinski definition) is 1. The Hall–Kier alpha value is -2.32. The Labute approximate surface area is 132 Å². The molecular weight excluding hydrogens is 325 g/mol. The quantitative estimate of drug-likeness (QED) is 0.814. The topological polar surface area (TPSA) is 73.9 Å². The van der Waals surface area contributed by atoms with Crippen LogP contribution in [0.25, 0.3) is 0 Å². The number of para-hydroxylation sites is 1. The van der Waals surface area contributed by atoms with Gasteiger partial charge in [0.2, 0.25) is 16.8 Å². The Kier molecular flexibility index (Phi) is 4.35. The summed E-state index contributed by atoms with van der Waals surface area (Å²) in [5, 5.41) is 0. The van der Waals surface area contributed by atoms with Crippen molar-refractivity contribution in [3.63, 3.8) is 0 Å². The first-order chi connectivity index (χ1) is 11.1. The van der Waals surface area contributed by atoms with E-state index in [1.807, 2.05) is 0 Å². The van der Waals surface area contributed by atoms with Crippen molar-refractivity contribution in [2.75, 3.05) is 19.9 Å². The number of ether oxygens (including phenoxy) is 3. The molecule has 0 amide bonds. The summed E-state index contributed by atoms with van der Waals surface area (Å²) in [5.74, 6) is 0.475. The molecule has 3 rings (SSSR count). The second kappa shape index (κ2) is 6.43. The number of halogens is 1. The molecule has 23 heavy (non-hydrogen) atoms. The molecular formula is C15H14FNO5S. The molecule has 0 aliphatic carbocycles. The van der Waals surface area contributed by atoms with Gasteiger partial charge in [0, 0.05) is 12.6 Å². The summed E-state index contributed by atoms with van der Waals surface area (Å²) in [6.07, 6.45) is 0. The molecule has 0 bridgehead atoms. The van der Waals surface area contributed by atoms with Crippen LogP contribution in [0, 0.1) is 5.82 Å². The largest absolute Gasteiger partial charge is 0.489 e. The van der Waals surface area contributed by atoms with E-state index in [9.17, 15) is 12.8 Å². The lowest BCUT2D eigenvalue weighted by atomic mass is 10.3. The third-order valence-electron chi connectivity index (χ3n) is 3.14. The predicted molar refractivity (Wildman–Crippen MR) is 79.6 cm³/mol. The molecule has 1 aliphatic heterocycles. The van der Waals surface area contributed by atoms with Crippen LogP contribution in [-0.4, -0.2) is 28.4 Å². The van der Waals surface area contributed by atoms with Crippen molar-refractivity contribution in [3.05, 3.63) is 48.3 Å². The van der Waals surface area contributed by atoms with Crippen LogP contribution in [0.1, 0.15) is 0 Å². The lowest BCUT2D eigenvalue weighted by Gasteiger charge is -2.09. The maximum Gasteiger partial charge on any atom is 0.240 e. The minimum Gasteiger partial charge on any atom is -0.489 e. The molecule has 2 aromatic rings. The van der Waals surface area contributed by atoms with Gasteiger partial charge in [0.1, 0.15) is 6.61 Å². The third kappa shape index (κ3) is 3.54. The Bertz CT molecular complexity index is 809. The normalized spacial score (nSPS) is 13.1. The van der Waals surface area contributed by atoms with Crippen LogP contribution >= 0.6 is 0 Å². The molecule has 1 aliphatic rings. The van der Waals surface area contributed by atoms with Crippen molar-refractivity contribution < 1.29 is 27.0 Å². The summed E-state index contributed by atoms with van der Waals surface area (Å²) in [7, 11) is -3.71. The van der Waals surface area contributed by atoms with Gasteiger partial charge in [0.25, 0.3) is 0 Å². The van der Waals surface area contributed by atoms with Crippen LogP contribution in [0.4, 0.5) is 4.39 Å². The summed E-state index contributed by atoms with van der Waals surface area (Å²) in [6, 6.07) is 10.3. The van der Waals surface area contributed by atoms with E-state index in [4.69, 9.17) is 14.2 Å². The molecule has 2 aromatic carbocycles. The minimum atomic E-state index is -3.71. The van der Waals surface area contributed by atoms with Crippen molar-refractivity contribution in [2.45, 2.75) is 4.90 Å². The number of sulfonamides is 1. The van der Waals surface area contributed by atoms with Gasteiger partial charge in [-0.15, -0.1) is 0 Å². The molecule has 1 N–H and O–H groups in total. The van der Waals surface area contributed by atoms with Crippen LogP contribution in [0.5, 0.6) is 17.2 Å². The second-order valence-electron chi connectivity index (χ2n) is 4.69. The summed E-state index contributed by atoms with van der Waals surface area (Å²) in [5.41, 5.74) is 0. The molecule has 0 saturated carbocycles. The Morgan fingerprint density at radius 2 is 1.91 bits per heavy atom. The highest BCUT2D eigenvalue weighted by Gasteiger charge is 2.19. The lowest BCUT2D eigenvalue weighted by Crippen LogP contribution is -2.28.